The Morgan fingerprint density at radius 3 is 2.86 bits per heavy atom. The number of ether oxygens (including phenoxy) is 1. The average Bonchev–Trinajstić information content (AvgIpc) is 1.68. The summed E-state index contributed by atoms with van der Waals surface area (Å²) >= 11 is 0. The van der Waals surface area contributed by atoms with Crippen LogP contribution < -0.4 is 0 Å². The van der Waals surface area contributed by atoms with E-state index in [1.807, 2.05) is 0 Å². The third-order valence-electron chi connectivity index (χ3n) is 0.214. The van der Waals surface area contributed by atoms with Crippen molar-refractivity contribution in [2.24, 2.45) is 0 Å². The van der Waals surface area contributed by atoms with Crippen molar-refractivity contribution in [2.75, 3.05) is 0 Å². The summed E-state index contributed by atoms with van der Waals surface area (Å²) in [5.41, 5.74) is 0. The standard InChI is InChI=1S/C3H5O3.Y/c1-2-6-3(4)5;/h2H,1H3,(H,4,5);/q-1;/i/hD. The van der Waals surface area contributed by atoms with E-state index in [9.17, 15) is 4.79 Å². The summed E-state index contributed by atoms with van der Waals surface area (Å²) in [6.45, 7) is 2.65. The predicted molar refractivity (Wildman–Crippen MR) is 19.1 cm³/mol. The van der Waals surface area contributed by atoms with E-state index in [1.54, 1.807) is 0 Å². The number of carboxylic acid groups (broad SMARTS) is 1. The van der Waals surface area contributed by atoms with Gasteiger partial charge in [0, 0.05) is 32.7 Å². The molecule has 0 aromatic carbocycles. The van der Waals surface area contributed by atoms with Gasteiger partial charge in [0.05, 0.1) is 0 Å². The first-order valence-electron chi connectivity index (χ1n) is 1.83. The van der Waals surface area contributed by atoms with E-state index >= 15 is 0 Å². The number of hydrogen-bond acceptors (Lipinski definition) is 3. The van der Waals surface area contributed by atoms with Crippen LogP contribution in [0.5, 0.6) is 0 Å². The van der Waals surface area contributed by atoms with E-state index in [-0.39, 0.29) is 32.7 Å². The number of rotatable bonds is 1. The fraction of sp³-hybridized carbons (Fsp3) is 0.333. The third-order valence-corrected chi connectivity index (χ3v) is 0.214. The molecule has 7 heavy (non-hydrogen) atoms. The van der Waals surface area contributed by atoms with Crippen LogP contribution in [0.3, 0.4) is 0 Å². The van der Waals surface area contributed by atoms with E-state index in [4.69, 9.17) is 1.43 Å². The molecule has 0 saturated heterocycles. The first-order valence-corrected chi connectivity index (χ1v) is 1.43. The number of hydrogen-bond donors (Lipinski definition) is 1. The molecule has 3 nitrogen and oxygen atoms in total. The second-order valence-electron chi connectivity index (χ2n) is 0.604. The zero-order valence-electron chi connectivity index (χ0n) is 4.88. The first kappa shape index (κ1) is 7.37. The van der Waals surface area contributed by atoms with Crippen molar-refractivity contribution in [3.05, 3.63) is 6.61 Å². The van der Waals surface area contributed by atoms with E-state index in [1.165, 1.54) is 6.92 Å². The Hall–Kier alpha value is 0.374. The van der Waals surface area contributed by atoms with E-state index in [0.29, 0.717) is 0 Å². The molecule has 0 aliphatic rings. The largest absolute Gasteiger partial charge is 0.606 e. The Balaban J connectivity index is 0. The Morgan fingerprint density at radius 1 is 2.14 bits per heavy atom. The Bertz CT molecular complexity index is 67.5. The van der Waals surface area contributed by atoms with Gasteiger partial charge in [0.2, 0.25) is 0 Å². The minimum atomic E-state index is -1.01. The van der Waals surface area contributed by atoms with Crippen molar-refractivity contribution in [2.45, 2.75) is 6.92 Å². The fourth-order valence-electron chi connectivity index (χ4n) is 0.0962. The molecule has 0 spiro atoms. The van der Waals surface area contributed by atoms with Gasteiger partial charge in [0.1, 0.15) is 0 Å². The SMILES string of the molecule is [2H]OC(=O)O[CH-]C.[Y]. The van der Waals surface area contributed by atoms with Gasteiger partial charge >= 0.3 is 7.59 Å². The normalized spacial score (nSPS) is 7.86. The Kier molecular flexibility index (Phi) is 6.71. The molecule has 0 saturated carbocycles. The molecule has 0 fully saturated rings. The molecule has 1 radical (unpaired) electrons. The quantitative estimate of drug-likeness (QED) is 0.479. The van der Waals surface area contributed by atoms with Crippen molar-refractivity contribution >= 4 is 6.16 Å². The third kappa shape index (κ3) is 10.7. The van der Waals surface area contributed by atoms with Crippen LogP contribution in [-0.4, -0.2) is 11.3 Å². The molecule has 0 atom stereocenters. The molecule has 0 amide bonds. The van der Waals surface area contributed by atoms with Gasteiger partial charge in [-0.2, -0.15) is 13.5 Å². The predicted octanol–water partition coefficient (Wildman–Crippen LogP) is 0.860. The zero-order valence-corrected chi connectivity index (χ0v) is 6.72. The summed E-state index contributed by atoms with van der Waals surface area (Å²) in [7, 11) is 0. The summed E-state index contributed by atoms with van der Waals surface area (Å²) < 4.78 is 9.93. The first-order chi connectivity index (χ1) is 3.31. The maximum atomic E-state index is 9.75. The van der Waals surface area contributed by atoms with Crippen LogP contribution >= 0.6 is 0 Å². The monoisotopic (exact) mass is 179 g/mol. The summed E-state index contributed by atoms with van der Waals surface area (Å²) in [5, 5.41) is 3.35. The van der Waals surface area contributed by atoms with Gasteiger partial charge in [-0.15, -0.1) is 0 Å². The molecule has 0 heterocycles. The van der Waals surface area contributed by atoms with Crippen LogP contribution in [0.4, 0.5) is 4.79 Å². The van der Waals surface area contributed by atoms with Gasteiger partial charge in [-0.1, -0.05) is 0 Å². The molecular formula is C3H5O3Y-. The van der Waals surface area contributed by atoms with Crippen LogP contribution in [0.25, 0.3) is 1.43 Å². The smallest absolute Gasteiger partial charge is 0.473 e. The van der Waals surface area contributed by atoms with Crippen molar-refractivity contribution < 1.29 is 47.3 Å². The molecule has 0 unspecified atom stereocenters. The van der Waals surface area contributed by atoms with Gasteiger partial charge in [-0.05, 0) is 0 Å². The average molecular weight is 179 g/mol. The summed E-state index contributed by atoms with van der Waals surface area (Å²) in [6.07, 6.45) is -1.01. The molecule has 0 aliphatic carbocycles. The van der Waals surface area contributed by atoms with Gasteiger partial charge in [0.25, 0.3) is 0 Å². The molecule has 4 heteroatoms. The molecule has 0 aromatic heterocycles. The van der Waals surface area contributed by atoms with Crippen molar-refractivity contribution in [1.82, 2.24) is 0 Å². The van der Waals surface area contributed by atoms with Crippen molar-refractivity contribution in [3.63, 3.8) is 0 Å². The van der Waals surface area contributed by atoms with Gasteiger partial charge in [0.15, 0.2) is 0 Å². The zero-order chi connectivity index (χ0) is 5.70. The van der Waals surface area contributed by atoms with Crippen LogP contribution in [-0.2, 0) is 37.4 Å². The molecule has 0 aliphatic heterocycles. The maximum Gasteiger partial charge on any atom is 0.473 e. The van der Waals surface area contributed by atoms with Crippen molar-refractivity contribution in [1.29, 1.82) is 1.43 Å². The van der Waals surface area contributed by atoms with Gasteiger partial charge in [-0.25, -0.2) is 4.79 Å². The van der Waals surface area contributed by atoms with Crippen LogP contribution in [0, 0.1) is 6.61 Å². The second kappa shape index (κ2) is 6.37. The van der Waals surface area contributed by atoms with E-state index in [2.05, 4.69) is 9.85 Å². The fourth-order valence-corrected chi connectivity index (χ4v) is 0.0962. The molecule has 1 N–H and O–H groups in total. The van der Waals surface area contributed by atoms with Crippen LogP contribution in [0.2, 0.25) is 0 Å². The minimum Gasteiger partial charge on any atom is -0.606 e. The Labute approximate surface area is 68.4 Å². The topological polar surface area (TPSA) is 46.5 Å². The number of carbonyl (C=O) groups is 1. The summed E-state index contributed by atoms with van der Waals surface area (Å²) in [6, 6.07) is 0. The maximum absolute atomic E-state index is 9.75. The molecule has 39 valence electrons. The van der Waals surface area contributed by atoms with Gasteiger partial charge in [-0.3, -0.25) is 0 Å². The van der Waals surface area contributed by atoms with E-state index in [0.717, 1.165) is 6.61 Å². The van der Waals surface area contributed by atoms with Crippen molar-refractivity contribution in [3.8, 4) is 0 Å². The summed E-state index contributed by atoms with van der Waals surface area (Å²) in [4.78, 5) is 9.75. The molecular weight excluding hydrogens is 173 g/mol. The van der Waals surface area contributed by atoms with Gasteiger partial charge < -0.3 is 9.85 Å². The minimum absolute atomic E-state index is 0. The summed E-state index contributed by atoms with van der Waals surface area (Å²) in [5.74, 6) is 0. The van der Waals surface area contributed by atoms with Crippen LogP contribution in [0.1, 0.15) is 6.92 Å². The molecule has 0 rings (SSSR count). The Morgan fingerprint density at radius 2 is 2.71 bits per heavy atom. The second-order valence-corrected chi connectivity index (χ2v) is 0.604. The van der Waals surface area contributed by atoms with E-state index < -0.39 is 6.16 Å². The molecule has 0 aromatic rings. The van der Waals surface area contributed by atoms with Crippen LogP contribution in [0.15, 0.2) is 0 Å². The molecule has 0 bridgehead atoms.